The lowest BCUT2D eigenvalue weighted by atomic mass is 10.1. The zero-order valence-corrected chi connectivity index (χ0v) is 18.4. The smallest absolute Gasteiger partial charge is 0.314 e. The van der Waals surface area contributed by atoms with E-state index in [0.717, 1.165) is 37.3 Å². The Hall–Kier alpha value is -1.78. The maximum Gasteiger partial charge on any atom is 0.314 e. The zero-order chi connectivity index (χ0) is 18.8. The Bertz CT molecular complexity index is 588. The van der Waals surface area contributed by atoms with Crippen LogP contribution in [0.15, 0.2) is 23.3 Å². The maximum absolute atomic E-state index is 11.2. The Morgan fingerprint density at radius 2 is 2.11 bits per heavy atom. The summed E-state index contributed by atoms with van der Waals surface area (Å²) in [4.78, 5) is 21.8. The summed E-state index contributed by atoms with van der Waals surface area (Å²) < 4.78 is 5.49. The molecule has 0 bridgehead atoms. The molecule has 1 aromatic rings. The van der Waals surface area contributed by atoms with Crippen molar-refractivity contribution in [2.45, 2.75) is 45.7 Å². The molecule has 0 unspecified atom stereocenters. The van der Waals surface area contributed by atoms with Crippen LogP contribution in [-0.4, -0.2) is 54.2 Å². The number of likely N-dealkylation sites (tertiary alicyclic amines) is 1. The molecule has 152 valence electrons. The minimum absolute atomic E-state index is 0. The van der Waals surface area contributed by atoms with Crippen molar-refractivity contribution < 1.29 is 9.53 Å². The van der Waals surface area contributed by atoms with E-state index < -0.39 is 0 Å². The van der Waals surface area contributed by atoms with Crippen LogP contribution in [0, 0.1) is 0 Å². The SMILES string of the molecule is CCCOc1ccc(CN=C(NCC)NC2CCN(C(N)=O)CC2)cn1.I. The first kappa shape index (κ1) is 23.3. The van der Waals surface area contributed by atoms with Gasteiger partial charge in [0, 0.05) is 37.9 Å². The van der Waals surface area contributed by atoms with Crippen molar-refractivity contribution >= 4 is 36.0 Å². The summed E-state index contributed by atoms with van der Waals surface area (Å²) in [6.07, 6.45) is 4.48. The fourth-order valence-electron chi connectivity index (χ4n) is 2.72. The van der Waals surface area contributed by atoms with Crippen molar-refractivity contribution in [3.8, 4) is 5.88 Å². The Morgan fingerprint density at radius 1 is 1.37 bits per heavy atom. The van der Waals surface area contributed by atoms with Gasteiger partial charge in [-0.1, -0.05) is 13.0 Å². The van der Waals surface area contributed by atoms with Crippen molar-refractivity contribution in [2.24, 2.45) is 10.7 Å². The summed E-state index contributed by atoms with van der Waals surface area (Å²) in [6.45, 7) is 7.45. The number of guanidine groups is 1. The van der Waals surface area contributed by atoms with E-state index in [0.29, 0.717) is 32.1 Å². The largest absolute Gasteiger partial charge is 0.478 e. The summed E-state index contributed by atoms with van der Waals surface area (Å²) in [5, 5.41) is 6.70. The van der Waals surface area contributed by atoms with Crippen LogP contribution >= 0.6 is 24.0 Å². The minimum atomic E-state index is -0.345. The molecule has 0 atom stereocenters. The predicted octanol–water partition coefficient (Wildman–Crippen LogP) is 2.09. The van der Waals surface area contributed by atoms with Gasteiger partial charge in [-0.05, 0) is 31.7 Å². The molecule has 2 rings (SSSR count). The van der Waals surface area contributed by atoms with Crippen molar-refractivity contribution in [1.82, 2.24) is 20.5 Å². The molecule has 0 spiro atoms. The van der Waals surface area contributed by atoms with Crippen molar-refractivity contribution in [3.63, 3.8) is 0 Å². The molecular weight excluding hydrogens is 459 g/mol. The van der Waals surface area contributed by atoms with Gasteiger partial charge in [-0.2, -0.15) is 0 Å². The fraction of sp³-hybridized carbons (Fsp3) is 0.611. The number of nitrogens with zero attached hydrogens (tertiary/aromatic N) is 3. The van der Waals surface area contributed by atoms with Crippen LogP contribution in [0.1, 0.15) is 38.7 Å². The van der Waals surface area contributed by atoms with Crippen LogP contribution in [0.5, 0.6) is 5.88 Å². The summed E-state index contributed by atoms with van der Waals surface area (Å²) >= 11 is 0. The van der Waals surface area contributed by atoms with Gasteiger partial charge in [-0.25, -0.2) is 14.8 Å². The van der Waals surface area contributed by atoms with Crippen LogP contribution in [0.2, 0.25) is 0 Å². The highest BCUT2D eigenvalue weighted by atomic mass is 127. The Morgan fingerprint density at radius 3 is 2.67 bits per heavy atom. The molecule has 27 heavy (non-hydrogen) atoms. The lowest BCUT2D eigenvalue weighted by Crippen LogP contribution is -2.50. The van der Waals surface area contributed by atoms with Crippen LogP contribution in [0.3, 0.4) is 0 Å². The molecule has 0 radical (unpaired) electrons. The summed E-state index contributed by atoms with van der Waals surface area (Å²) in [6, 6.07) is 3.80. The van der Waals surface area contributed by atoms with Crippen LogP contribution in [-0.2, 0) is 6.54 Å². The molecule has 8 nitrogen and oxygen atoms in total. The molecule has 2 heterocycles. The lowest BCUT2D eigenvalue weighted by Gasteiger charge is -2.32. The molecular formula is C18H31IN6O2. The molecule has 0 aromatic carbocycles. The number of urea groups is 1. The quantitative estimate of drug-likeness (QED) is 0.309. The van der Waals surface area contributed by atoms with Gasteiger partial charge in [0.1, 0.15) is 0 Å². The van der Waals surface area contributed by atoms with E-state index in [1.54, 1.807) is 11.1 Å². The first-order chi connectivity index (χ1) is 12.6. The number of hydrogen-bond donors (Lipinski definition) is 3. The molecule has 0 aliphatic carbocycles. The third-order valence-electron chi connectivity index (χ3n) is 4.16. The number of carbonyl (C=O) groups excluding carboxylic acids is 1. The Balaban J connectivity index is 0.00000364. The normalized spacial score (nSPS) is 15.0. The second kappa shape index (κ2) is 12.6. The number of nitrogens with one attached hydrogen (secondary N) is 2. The standard InChI is InChI=1S/C18H30N6O2.HI/c1-3-11-26-16-6-5-14(12-21-16)13-22-18(20-4-2)23-15-7-9-24(10-8-15)17(19)25;/h5-6,12,15H,3-4,7-11,13H2,1-2H3,(H2,19,25)(H2,20,22,23);1H. The maximum atomic E-state index is 11.2. The second-order valence-electron chi connectivity index (χ2n) is 6.29. The third-order valence-corrected chi connectivity index (χ3v) is 4.16. The molecule has 1 fully saturated rings. The average molecular weight is 490 g/mol. The average Bonchev–Trinajstić information content (AvgIpc) is 2.66. The van der Waals surface area contributed by atoms with E-state index in [2.05, 4.69) is 27.5 Å². The number of amides is 2. The molecule has 1 aromatic heterocycles. The second-order valence-corrected chi connectivity index (χ2v) is 6.29. The number of primary amides is 1. The highest BCUT2D eigenvalue weighted by molar-refractivity contribution is 14.0. The van der Waals surface area contributed by atoms with Crippen LogP contribution in [0.25, 0.3) is 0 Å². The molecule has 1 aliphatic rings. The first-order valence-electron chi connectivity index (χ1n) is 9.29. The van der Waals surface area contributed by atoms with E-state index in [4.69, 9.17) is 10.5 Å². The highest BCUT2D eigenvalue weighted by Crippen LogP contribution is 2.11. The highest BCUT2D eigenvalue weighted by Gasteiger charge is 2.21. The number of ether oxygens (including phenoxy) is 1. The van der Waals surface area contributed by atoms with Gasteiger partial charge in [0.15, 0.2) is 5.96 Å². The van der Waals surface area contributed by atoms with Gasteiger partial charge >= 0.3 is 6.03 Å². The number of halogens is 1. The monoisotopic (exact) mass is 490 g/mol. The third kappa shape index (κ3) is 8.19. The van der Waals surface area contributed by atoms with Gasteiger partial charge in [0.05, 0.1) is 13.2 Å². The van der Waals surface area contributed by atoms with Crippen LogP contribution < -0.4 is 21.1 Å². The van der Waals surface area contributed by atoms with Crippen molar-refractivity contribution in [1.29, 1.82) is 0 Å². The topological polar surface area (TPSA) is 105 Å². The number of rotatable bonds is 7. The number of piperidine rings is 1. The van der Waals surface area contributed by atoms with Gasteiger partial charge in [0.25, 0.3) is 0 Å². The Labute approximate surface area is 178 Å². The molecule has 0 saturated carbocycles. The summed E-state index contributed by atoms with van der Waals surface area (Å²) in [5.74, 6) is 1.42. The first-order valence-corrected chi connectivity index (χ1v) is 9.29. The zero-order valence-electron chi connectivity index (χ0n) is 16.1. The number of carbonyl (C=O) groups is 1. The molecule has 2 amide bonds. The van der Waals surface area contributed by atoms with Crippen LogP contribution in [0.4, 0.5) is 4.79 Å². The van der Waals surface area contributed by atoms with E-state index in [-0.39, 0.29) is 36.0 Å². The van der Waals surface area contributed by atoms with E-state index in [9.17, 15) is 4.79 Å². The predicted molar refractivity (Wildman–Crippen MR) is 118 cm³/mol. The fourth-order valence-corrected chi connectivity index (χ4v) is 2.72. The number of aliphatic imine (C=N–C) groups is 1. The van der Waals surface area contributed by atoms with Gasteiger partial charge in [0.2, 0.25) is 5.88 Å². The lowest BCUT2D eigenvalue weighted by molar-refractivity contribution is 0.188. The minimum Gasteiger partial charge on any atom is -0.478 e. The molecule has 9 heteroatoms. The molecule has 1 aliphatic heterocycles. The van der Waals surface area contributed by atoms with Crippen molar-refractivity contribution in [2.75, 3.05) is 26.2 Å². The van der Waals surface area contributed by atoms with E-state index in [1.807, 2.05) is 19.1 Å². The summed E-state index contributed by atoms with van der Waals surface area (Å²) in [5.41, 5.74) is 6.35. The van der Waals surface area contributed by atoms with Gasteiger partial charge in [-0.15, -0.1) is 24.0 Å². The van der Waals surface area contributed by atoms with Crippen molar-refractivity contribution in [3.05, 3.63) is 23.9 Å². The molecule has 4 N–H and O–H groups in total. The van der Waals surface area contributed by atoms with Gasteiger partial charge in [-0.3, -0.25) is 0 Å². The number of nitrogens with two attached hydrogens (primary N) is 1. The molecule has 1 saturated heterocycles. The number of pyridine rings is 1. The number of hydrogen-bond acceptors (Lipinski definition) is 4. The Kier molecular flexibility index (Phi) is 10.8. The van der Waals surface area contributed by atoms with Gasteiger partial charge < -0.3 is 26.0 Å². The van der Waals surface area contributed by atoms with E-state index in [1.165, 1.54) is 0 Å². The van der Waals surface area contributed by atoms with E-state index >= 15 is 0 Å². The number of aromatic nitrogens is 1. The summed E-state index contributed by atoms with van der Waals surface area (Å²) in [7, 11) is 0.